The monoisotopic (exact) mass is 434 g/mol. The Morgan fingerprint density at radius 2 is 1.57 bits per heavy atom. The van der Waals surface area contributed by atoms with Gasteiger partial charge in [0.1, 0.15) is 0 Å². The predicted molar refractivity (Wildman–Crippen MR) is 108 cm³/mol. The molecule has 0 aliphatic heterocycles. The Bertz CT molecular complexity index is 1180. The molecule has 3 aromatic rings. The van der Waals surface area contributed by atoms with Crippen molar-refractivity contribution in [2.75, 3.05) is 10.0 Å². The van der Waals surface area contributed by atoms with E-state index in [0.717, 1.165) is 18.2 Å². The van der Waals surface area contributed by atoms with Gasteiger partial charge in [0.05, 0.1) is 10.5 Å². The Morgan fingerprint density at radius 1 is 0.867 bits per heavy atom. The summed E-state index contributed by atoms with van der Waals surface area (Å²) >= 11 is 0. The van der Waals surface area contributed by atoms with Crippen molar-refractivity contribution >= 4 is 27.3 Å². The van der Waals surface area contributed by atoms with Crippen LogP contribution in [0.2, 0.25) is 0 Å². The predicted octanol–water partition coefficient (Wildman–Crippen LogP) is 5.07. The molecule has 0 aliphatic carbocycles. The average molecular weight is 434 g/mol. The molecule has 0 saturated heterocycles. The molecule has 2 N–H and O–H groups in total. The van der Waals surface area contributed by atoms with E-state index in [4.69, 9.17) is 0 Å². The second-order valence-electron chi connectivity index (χ2n) is 6.48. The summed E-state index contributed by atoms with van der Waals surface area (Å²) in [5.74, 6) is -0.354. The smallest absolute Gasteiger partial charge is 0.322 e. The van der Waals surface area contributed by atoms with Gasteiger partial charge in [-0.1, -0.05) is 24.3 Å². The minimum absolute atomic E-state index is 0.113. The lowest BCUT2D eigenvalue weighted by Gasteiger charge is -2.14. The molecule has 5 nitrogen and oxygen atoms in total. The largest absolute Gasteiger partial charge is 0.416 e. The number of nitrogens with one attached hydrogen (secondary N) is 2. The van der Waals surface area contributed by atoms with Crippen molar-refractivity contribution in [3.05, 3.63) is 89.5 Å². The molecule has 0 unspecified atom stereocenters. The molecule has 0 saturated carbocycles. The third-order valence-corrected chi connectivity index (χ3v) is 5.74. The Balaban J connectivity index is 1.81. The number of aryl methyl sites for hydroxylation is 1. The van der Waals surface area contributed by atoms with Gasteiger partial charge in [0.2, 0.25) is 0 Å². The highest BCUT2D eigenvalue weighted by molar-refractivity contribution is 7.92. The number of carbonyl (C=O) groups excluding carboxylic acids is 1. The molecule has 0 bridgehead atoms. The first-order chi connectivity index (χ1) is 14.1. The maximum absolute atomic E-state index is 12.8. The van der Waals surface area contributed by atoms with E-state index in [9.17, 15) is 26.4 Å². The molecule has 30 heavy (non-hydrogen) atoms. The fourth-order valence-electron chi connectivity index (χ4n) is 2.79. The van der Waals surface area contributed by atoms with E-state index in [1.54, 1.807) is 30.3 Å². The topological polar surface area (TPSA) is 75.3 Å². The summed E-state index contributed by atoms with van der Waals surface area (Å²) in [7, 11) is -4.13. The number of anilines is 2. The number of benzene rings is 3. The van der Waals surface area contributed by atoms with Crippen molar-refractivity contribution in [2.45, 2.75) is 18.0 Å². The van der Waals surface area contributed by atoms with E-state index in [1.807, 2.05) is 0 Å². The van der Waals surface area contributed by atoms with Crippen LogP contribution in [-0.2, 0) is 16.2 Å². The zero-order valence-corrected chi connectivity index (χ0v) is 16.5. The Labute approximate surface area is 171 Å². The SMILES string of the molecule is Cc1cc(NC(=O)c2ccccc2)ccc1S(=O)(=O)Nc1cccc(C(F)(F)F)c1. The van der Waals surface area contributed by atoms with Crippen molar-refractivity contribution in [1.82, 2.24) is 0 Å². The minimum Gasteiger partial charge on any atom is -0.322 e. The molecule has 9 heteroatoms. The molecule has 0 fully saturated rings. The van der Waals surface area contributed by atoms with Crippen LogP contribution >= 0.6 is 0 Å². The summed E-state index contributed by atoms with van der Waals surface area (Å²) < 4.78 is 66.0. The fourth-order valence-corrected chi connectivity index (χ4v) is 4.07. The zero-order valence-electron chi connectivity index (χ0n) is 15.7. The first-order valence-corrected chi connectivity index (χ1v) is 10.2. The second-order valence-corrected chi connectivity index (χ2v) is 8.14. The number of halogens is 3. The van der Waals surface area contributed by atoms with Crippen LogP contribution in [0.4, 0.5) is 24.5 Å². The van der Waals surface area contributed by atoms with Crippen LogP contribution in [-0.4, -0.2) is 14.3 Å². The van der Waals surface area contributed by atoms with E-state index in [2.05, 4.69) is 10.0 Å². The van der Waals surface area contributed by atoms with E-state index in [0.29, 0.717) is 16.8 Å². The van der Waals surface area contributed by atoms with Crippen LogP contribution in [0.3, 0.4) is 0 Å². The van der Waals surface area contributed by atoms with Crippen LogP contribution in [0.25, 0.3) is 0 Å². The molecule has 3 aromatic carbocycles. The number of rotatable bonds is 5. The molecule has 0 heterocycles. The molecular weight excluding hydrogens is 417 g/mol. The molecular formula is C21H17F3N2O3S. The minimum atomic E-state index is -4.59. The molecule has 0 spiro atoms. The lowest BCUT2D eigenvalue weighted by molar-refractivity contribution is -0.137. The molecule has 3 rings (SSSR count). The van der Waals surface area contributed by atoms with Crippen molar-refractivity contribution in [3.8, 4) is 0 Å². The highest BCUT2D eigenvalue weighted by atomic mass is 32.2. The molecule has 0 aromatic heterocycles. The summed E-state index contributed by atoms with van der Waals surface area (Å²) in [5.41, 5.74) is -0.0122. The highest BCUT2D eigenvalue weighted by Crippen LogP contribution is 2.31. The van der Waals surface area contributed by atoms with Crippen LogP contribution in [0.15, 0.2) is 77.7 Å². The van der Waals surface area contributed by atoms with Gasteiger partial charge < -0.3 is 5.32 Å². The Hall–Kier alpha value is -3.33. The standard InChI is InChI=1S/C21H17F3N2O3S/c1-14-12-17(25-20(27)15-6-3-2-4-7-15)10-11-19(14)30(28,29)26-18-9-5-8-16(13-18)21(22,23)24/h2-13,26H,1H3,(H,25,27). The van der Waals surface area contributed by atoms with Gasteiger partial charge in [-0.15, -0.1) is 0 Å². The molecule has 156 valence electrons. The van der Waals surface area contributed by atoms with Gasteiger partial charge in [0, 0.05) is 16.9 Å². The van der Waals surface area contributed by atoms with Gasteiger partial charge in [-0.05, 0) is 61.0 Å². The molecule has 1 amide bonds. The van der Waals surface area contributed by atoms with Crippen molar-refractivity contribution in [3.63, 3.8) is 0 Å². The van der Waals surface area contributed by atoms with E-state index in [1.165, 1.54) is 31.2 Å². The van der Waals surface area contributed by atoms with E-state index in [-0.39, 0.29) is 16.5 Å². The first kappa shape index (κ1) is 21.4. The van der Waals surface area contributed by atoms with Gasteiger partial charge in [-0.2, -0.15) is 13.2 Å². The van der Waals surface area contributed by atoms with Gasteiger partial charge >= 0.3 is 6.18 Å². The van der Waals surface area contributed by atoms with Crippen LogP contribution in [0, 0.1) is 6.92 Å². The van der Waals surface area contributed by atoms with Gasteiger partial charge in [-0.3, -0.25) is 9.52 Å². The van der Waals surface area contributed by atoms with Crippen LogP contribution in [0.1, 0.15) is 21.5 Å². The maximum Gasteiger partial charge on any atom is 0.416 e. The van der Waals surface area contributed by atoms with Gasteiger partial charge in [-0.25, -0.2) is 8.42 Å². The number of hydrogen-bond donors (Lipinski definition) is 2. The number of hydrogen-bond acceptors (Lipinski definition) is 3. The quantitative estimate of drug-likeness (QED) is 0.589. The first-order valence-electron chi connectivity index (χ1n) is 8.73. The molecule has 0 aliphatic rings. The number of carbonyl (C=O) groups is 1. The van der Waals surface area contributed by atoms with Gasteiger partial charge in [0.25, 0.3) is 15.9 Å². The summed E-state index contributed by atoms with van der Waals surface area (Å²) in [4.78, 5) is 12.1. The van der Waals surface area contributed by atoms with Crippen LogP contribution in [0.5, 0.6) is 0 Å². The molecule has 0 radical (unpaired) electrons. The maximum atomic E-state index is 12.8. The van der Waals surface area contributed by atoms with Crippen molar-refractivity contribution in [1.29, 1.82) is 0 Å². The number of amides is 1. The average Bonchev–Trinajstić information content (AvgIpc) is 2.67. The van der Waals surface area contributed by atoms with E-state index >= 15 is 0 Å². The Kier molecular flexibility index (Phi) is 5.84. The summed E-state index contributed by atoms with van der Waals surface area (Å²) in [6, 6.07) is 16.6. The Morgan fingerprint density at radius 3 is 2.20 bits per heavy atom. The third-order valence-electron chi connectivity index (χ3n) is 4.20. The number of alkyl halides is 3. The van der Waals surface area contributed by atoms with Crippen molar-refractivity contribution < 1.29 is 26.4 Å². The zero-order chi connectivity index (χ0) is 21.9. The summed E-state index contributed by atoms with van der Waals surface area (Å²) in [5, 5.41) is 2.67. The third kappa shape index (κ3) is 4.98. The lowest BCUT2D eigenvalue weighted by atomic mass is 10.2. The van der Waals surface area contributed by atoms with Crippen molar-refractivity contribution in [2.24, 2.45) is 0 Å². The lowest BCUT2D eigenvalue weighted by Crippen LogP contribution is -2.16. The molecule has 0 atom stereocenters. The highest BCUT2D eigenvalue weighted by Gasteiger charge is 2.30. The number of sulfonamides is 1. The summed E-state index contributed by atoms with van der Waals surface area (Å²) in [6.07, 6.45) is -4.59. The van der Waals surface area contributed by atoms with Crippen LogP contribution < -0.4 is 10.0 Å². The van der Waals surface area contributed by atoms with E-state index < -0.39 is 21.8 Å². The van der Waals surface area contributed by atoms with Gasteiger partial charge in [0.15, 0.2) is 0 Å². The second kappa shape index (κ2) is 8.19. The summed E-state index contributed by atoms with van der Waals surface area (Å²) in [6.45, 7) is 1.53. The fraction of sp³-hybridized carbons (Fsp3) is 0.0952. The normalized spacial score (nSPS) is 11.7.